The average Bonchev–Trinajstić information content (AvgIpc) is 2.57. The minimum atomic E-state index is 0.881. The van der Waals surface area contributed by atoms with E-state index in [0.29, 0.717) is 0 Å². The van der Waals surface area contributed by atoms with Crippen LogP contribution in [0.4, 0.5) is 0 Å². The van der Waals surface area contributed by atoms with Crippen LogP contribution in [0.1, 0.15) is 5.69 Å². The second kappa shape index (κ2) is 2.73. The fraction of sp³-hybridized carbons (Fsp3) is 0.125. The Bertz CT molecular complexity index is 366. The lowest BCUT2D eigenvalue weighted by molar-refractivity contribution is 1.09. The molecular weight excluding hydrogens is 152 g/mol. The number of hydrogen-bond acceptors (Lipinski definition) is 3. The molecule has 2 rings (SSSR count). The molecule has 0 atom stereocenters. The summed E-state index contributed by atoms with van der Waals surface area (Å²) in [5.41, 5.74) is 2.77. The van der Waals surface area contributed by atoms with Crippen LogP contribution in [-0.2, 0) is 0 Å². The molecular formula is C8H8N4. The number of rotatable bonds is 1. The maximum absolute atomic E-state index is 4.20. The highest BCUT2D eigenvalue weighted by atomic mass is 15.1. The van der Waals surface area contributed by atoms with Crippen molar-refractivity contribution in [3.63, 3.8) is 0 Å². The molecule has 0 amide bonds. The molecule has 4 nitrogen and oxygen atoms in total. The monoisotopic (exact) mass is 160 g/mol. The molecule has 1 N–H and O–H groups in total. The standard InChI is InChI=1S/C8H8N4/c1-6-8(10-3-2-9-6)7-4-11-12-5-7/h2-5H,1H3,(H,11,12). The van der Waals surface area contributed by atoms with Crippen molar-refractivity contribution in [3.05, 3.63) is 30.5 Å². The van der Waals surface area contributed by atoms with Crippen LogP contribution >= 0.6 is 0 Å². The first-order chi connectivity index (χ1) is 5.88. The molecule has 2 heterocycles. The Kier molecular flexibility index (Phi) is 1.59. The van der Waals surface area contributed by atoms with E-state index in [0.717, 1.165) is 17.0 Å². The van der Waals surface area contributed by atoms with E-state index in [1.165, 1.54) is 0 Å². The minimum absolute atomic E-state index is 0.881. The molecule has 0 radical (unpaired) electrons. The summed E-state index contributed by atoms with van der Waals surface area (Å²) in [6.45, 7) is 1.93. The Morgan fingerprint density at radius 3 is 2.75 bits per heavy atom. The smallest absolute Gasteiger partial charge is 0.0945 e. The third-order valence-corrected chi connectivity index (χ3v) is 1.65. The zero-order valence-corrected chi connectivity index (χ0v) is 6.65. The third-order valence-electron chi connectivity index (χ3n) is 1.65. The molecule has 0 aliphatic carbocycles. The highest BCUT2D eigenvalue weighted by Crippen LogP contribution is 2.15. The number of aromatic nitrogens is 4. The zero-order chi connectivity index (χ0) is 8.39. The summed E-state index contributed by atoms with van der Waals surface area (Å²) in [5.74, 6) is 0. The SMILES string of the molecule is Cc1nccnc1-c1cn[nH]c1. The first-order valence-corrected chi connectivity index (χ1v) is 3.64. The van der Waals surface area contributed by atoms with Gasteiger partial charge < -0.3 is 0 Å². The first kappa shape index (κ1) is 6.97. The zero-order valence-electron chi connectivity index (χ0n) is 6.65. The summed E-state index contributed by atoms with van der Waals surface area (Å²) in [5, 5.41) is 6.58. The highest BCUT2D eigenvalue weighted by Gasteiger charge is 2.03. The topological polar surface area (TPSA) is 54.5 Å². The van der Waals surface area contributed by atoms with E-state index in [1.807, 2.05) is 6.92 Å². The number of H-pyrrole nitrogens is 1. The Morgan fingerprint density at radius 2 is 2.08 bits per heavy atom. The van der Waals surface area contributed by atoms with Gasteiger partial charge in [0, 0.05) is 24.2 Å². The van der Waals surface area contributed by atoms with Gasteiger partial charge in [-0.1, -0.05) is 0 Å². The van der Waals surface area contributed by atoms with Gasteiger partial charge in [-0.05, 0) is 6.92 Å². The molecule has 2 aromatic heterocycles. The predicted octanol–water partition coefficient (Wildman–Crippen LogP) is 1.18. The molecule has 12 heavy (non-hydrogen) atoms. The number of aryl methyl sites for hydroxylation is 1. The molecule has 0 aromatic carbocycles. The molecule has 0 aliphatic heterocycles. The molecule has 60 valence electrons. The van der Waals surface area contributed by atoms with Crippen molar-refractivity contribution in [1.29, 1.82) is 0 Å². The van der Waals surface area contributed by atoms with Crippen molar-refractivity contribution in [2.75, 3.05) is 0 Å². The van der Waals surface area contributed by atoms with Gasteiger partial charge >= 0.3 is 0 Å². The summed E-state index contributed by atoms with van der Waals surface area (Å²) in [6, 6.07) is 0. The highest BCUT2D eigenvalue weighted by molar-refractivity contribution is 5.58. The summed E-state index contributed by atoms with van der Waals surface area (Å²) in [7, 11) is 0. The van der Waals surface area contributed by atoms with Gasteiger partial charge in [0.1, 0.15) is 0 Å². The van der Waals surface area contributed by atoms with Crippen LogP contribution in [0.3, 0.4) is 0 Å². The van der Waals surface area contributed by atoms with Gasteiger partial charge in [-0.15, -0.1) is 0 Å². The summed E-state index contributed by atoms with van der Waals surface area (Å²) >= 11 is 0. The lowest BCUT2D eigenvalue weighted by Crippen LogP contribution is -1.88. The van der Waals surface area contributed by atoms with E-state index in [1.54, 1.807) is 24.8 Å². The lowest BCUT2D eigenvalue weighted by atomic mass is 10.2. The average molecular weight is 160 g/mol. The van der Waals surface area contributed by atoms with Gasteiger partial charge in [0.25, 0.3) is 0 Å². The van der Waals surface area contributed by atoms with E-state index in [9.17, 15) is 0 Å². The summed E-state index contributed by atoms with van der Waals surface area (Å²) in [6.07, 6.45) is 6.89. The Balaban J connectivity index is 2.55. The maximum atomic E-state index is 4.20. The number of nitrogens with one attached hydrogen (secondary N) is 1. The third kappa shape index (κ3) is 1.07. The lowest BCUT2D eigenvalue weighted by Gasteiger charge is -1.97. The van der Waals surface area contributed by atoms with Crippen molar-refractivity contribution in [3.8, 4) is 11.3 Å². The van der Waals surface area contributed by atoms with Crippen molar-refractivity contribution in [2.45, 2.75) is 6.92 Å². The van der Waals surface area contributed by atoms with Gasteiger partial charge in [-0.2, -0.15) is 5.10 Å². The first-order valence-electron chi connectivity index (χ1n) is 3.64. The summed E-state index contributed by atoms with van der Waals surface area (Å²) in [4.78, 5) is 8.33. The molecule has 0 aliphatic rings. The van der Waals surface area contributed by atoms with Gasteiger partial charge in [-0.3, -0.25) is 15.1 Å². The molecule has 0 saturated carbocycles. The van der Waals surface area contributed by atoms with E-state index in [-0.39, 0.29) is 0 Å². The van der Waals surface area contributed by atoms with E-state index in [4.69, 9.17) is 0 Å². The second-order valence-corrected chi connectivity index (χ2v) is 2.48. The molecule has 4 heteroatoms. The predicted molar refractivity (Wildman–Crippen MR) is 44.4 cm³/mol. The van der Waals surface area contributed by atoms with Crippen LogP contribution in [0.15, 0.2) is 24.8 Å². The van der Waals surface area contributed by atoms with Gasteiger partial charge in [0.05, 0.1) is 17.6 Å². The molecule has 2 aromatic rings. The van der Waals surface area contributed by atoms with Crippen LogP contribution in [0.5, 0.6) is 0 Å². The van der Waals surface area contributed by atoms with E-state index < -0.39 is 0 Å². The quantitative estimate of drug-likeness (QED) is 0.681. The molecule has 0 spiro atoms. The molecule has 0 unspecified atom stereocenters. The van der Waals surface area contributed by atoms with E-state index in [2.05, 4.69) is 20.2 Å². The number of nitrogens with zero attached hydrogens (tertiary/aromatic N) is 3. The largest absolute Gasteiger partial charge is 0.285 e. The van der Waals surface area contributed by atoms with Crippen molar-refractivity contribution in [2.24, 2.45) is 0 Å². The summed E-state index contributed by atoms with van der Waals surface area (Å²) < 4.78 is 0. The number of aromatic amines is 1. The Labute approximate surface area is 69.7 Å². The van der Waals surface area contributed by atoms with Crippen LogP contribution in [0.2, 0.25) is 0 Å². The normalized spacial score (nSPS) is 10.1. The van der Waals surface area contributed by atoms with Crippen LogP contribution < -0.4 is 0 Å². The van der Waals surface area contributed by atoms with Crippen molar-refractivity contribution < 1.29 is 0 Å². The molecule has 0 bridgehead atoms. The molecule has 0 fully saturated rings. The fourth-order valence-corrected chi connectivity index (χ4v) is 1.07. The minimum Gasteiger partial charge on any atom is -0.285 e. The van der Waals surface area contributed by atoms with E-state index >= 15 is 0 Å². The fourth-order valence-electron chi connectivity index (χ4n) is 1.07. The van der Waals surface area contributed by atoms with Gasteiger partial charge in [-0.25, -0.2) is 0 Å². The second-order valence-electron chi connectivity index (χ2n) is 2.48. The van der Waals surface area contributed by atoms with Crippen LogP contribution in [0, 0.1) is 6.92 Å². The Morgan fingerprint density at radius 1 is 1.25 bits per heavy atom. The maximum Gasteiger partial charge on any atom is 0.0945 e. The van der Waals surface area contributed by atoms with Crippen LogP contribution in [0.25, 0.3) is 11.3 Å². The van der Waals surface area contributed by atoms with Crippen molar-refractivity contribution in [1.82, 2.24) is 20.2 Å². The van der Waals surface area contributed by atoms with Crippen LogP contribution in [-0.4, -0.2) is 20.2 Å². The Hall–Kier alpha value is -1.71. The van der Waals surface area contributed by atoms with Gasteiger partial charge in [0.15, 0.2) is 0 Å². The van der Waals surface area contributed by atoms with Gasteiger partial charge in [0.2, 0.25) is 0 Å². The molecule has 0 saturated heterocycles. The number of hydrogen-bond donors (Lipinski definition) is 1. The van der Waals surface area contributed by atoms with Crippen molar-refractivity contribution >= 4 is 0 Å².